The molecule has 0 fully saturated rings. The largest absolute Gasteiger partial charge is 0.214 e. The Morgan fingerprint density at radius 2 is 1.68 bits per heavy atom. The van der Waals surface area contributed by atoms with E-state index < -0.39 is 0 Å². The lowest BCUT2D eigenvalue weighted by Gasteiger charge is -2.24. The Hall–Kier alpha value is -2.41. The number of hydrogen-bond acceptors (Lipinski definition) is 0. The van der Waals surface area contributed by atoms with Crippen molar-refractivity contribution in [3.63, 3.8) is 0 Å². The van der Waals surface area contributed by atoms with Gasteiger partial charge in [0.2, 0.25) is 5.69 Å². The maximum absolute atomic E-state index is 2.53. The van der Waals surface area contributed by atoms with Crippen LogP contribution in [-0.4, -0.2) is 0 Å². The summed E-state index contributed by atoms with van der Waals surface area (Å²) in [6, 6.07) is 15.6. The maximum atomic E-state index is 2.53. The third-order valence-corrected chi connectivity index (χ3v) is 6.05. The Bertz CT molecular complexity index is 990. The van der Waals surface area contributed by atoms with Gasteiger partial charge in [0.1, 0.15) is 0 Å². The number of aromatic nitrogens is 1. The first-order chi connectivity index (χ1) is 12.1. The lowest BCUT2D eigenvalue weighted by molar-refractivity contribution is -0.744. The molecule has 0 aliphatic carbocycles. The van der Waals surface area contributed by atoms with Gasteiger partial charge in [0.05, 0.1) is 5.56 Å². The van der Waals surface area contributed by atoms with E-state index in [1.54, 1.807) is 0 Å². The third kappa shape index (κ3) is 2.33. The molecule has 0 radical (unpaired) electrons. The van der Waals surface area contributed by atoms with Crippen LogP contribution in [0.15, 0.2) is 54.7 Å². The number of allylic oxidation sites excluding steroid dienone is 1. The molecule has 0 bridgehead atoms. The molecule has 1 aliphatic rings. The van der Waals surface area contributed by atoms with Crippen LogP contribution in [0.1, 0.15) is 43.4 Å². The van der Waals surface area contributed by atoms with Gasteiger partial charge in [-0.25, -0.2) is 0 Å². The van der Waals surface area contributed by atoms with Crippen LogP contribution in [0.5, 0.6) is 0 Å². The van der Waals surface area contributed by atoms with E-state index in [9.17, 15) is 0 Å². The summed E-state index contributed by atoms with van der Waals surface area (Å²) in [4.78, 5) is 0. The average molecular weight is 328 g/mol. The van der Waals surface area contributed by atoms with Crippen molar-refractivity contribution in [2.24, 2.45) is 0 Å². The van der Waals surface area contributed by atoms with Crippen LogP contribution < -0.4 is 4.57 Å². The van der Waals surface area contributed by atoms with Gasteiger partial charge in [0, 0.05) is 24.5 Å². The van der Waals surface area contributed by atoms with Gasteiger partial charge in [-0.1, -0.05) is 56.3 Å². The third-order valence-electron chi connectivity index (χ3n) is 6.05. The van der Waals surface area contributed by atoms with Crippen molar-refractivity contribution in [1.29, 1.82) is 0 Å². The summed E-state index contributed by atoms with van der Waals surface area (Å²) in [5.41, 5.74) is 6.76. The van der Waals surface area contributed by atoms with Crippen LogP contribution >= 0.6 is 0 Å². The lowest BCUT2D eigenvalue weighted by atomic mass is 9.91. The second-order valence-electron chi connectivity index (χ2n) is 7.29. The number of pyridine rings is 1. The molecule has 0 saturated carbocycles. The van der Waals surface area contributed by atoms with Crippen LogP contribution in [0.2, 0.25) is 0 Å². The molecule has 1 aromatic heterocycles. The lowest BCUT2D eigenvalue weighted by Crippen LogP contribution is -2.55. The fraction of sp³-hybridized carbons (Fsp3) is 0.292. The highest BCUT2D eigenvalue weighted by molar-refractivity contribution is 5.99. The first-order valence-corrected chi connectivity index (χ1v) is 9.34. The van der Waals surface area contributed by atoms with Crippen molar-refractivity contribution >= 4 is 16.8 Å². The monoisotopic (exact) mass is 328 g/mol. The first-order valence-electron chi connectivity index (χ1n) is 9.34. The minimum atomic E-state index is 0.0356. The van der Waals surface area contributed by atoms with E-state index in [4.69, 9.17) is 0 Å². The van der Waals surface area contributed by atoms with Crippen LogP contribution in [0.3, 0.4) is 0 Å². The van der Waals surface area contributed by atoms with Gasteiger partial charge < -0.3 is 0 Å². The predicted octanol–water partition coefficient (Wildman–Crippen LogP) is 5.95. The molecule has 25 heavy (non-hydrogen) atoms. The van der Waals surface area contributed by atoms with Crippen molar-refractivity contribution in [3.8, 4) is 11.3 Å². The number of aryl methyl sites for hydroxylation is 2. The Morgan fingerprint density at radius 1 is 0.920 bits per heavy atom. The molecule has 1 heteroatoms. The molecule has 0 amide bonds. The molecule has 4 rings (SSSR count). The quantitative estimate of drug-likeness (QED) is 0.512. The predicted molar refractivity (Wildman–Crippen MR) is 107 cm³/mol. The Labute approximate surface area is 150 Å². The summed E-state index contributed by atoms with van der Waals surface area (Å²) in [7, 11) is 0. The summed E-state index contributed by atoms with van der Waals surface area (Å²) in [6.07, 6.45) is 9.30. The molecule has 2 heterocycles. The van der Waals surface area contributed by atoms with Gasteiger partial charge in [-0.3, -0.25) is 0 Å². The Balaban J connectivity index is 2.18. The van der Waals surface area contributed by atoms with Gasteiger partial charge in [-0.15, -0.1) is 0 Å². The van der Waals surface area contributed by atoms with Crippen molar-refractivity contribution < 1.29 is 4.57 Å². The highest BCUT2D eigenvalue weighted by Gasteiger charge is 2.39. The van der Waals surface area contributed by atoms with Crippen LogP contribution in [-0.2, 0) is 5.54 Å². The molecule has 2 aromatic carbocycles. The van der Waals surface area contributed by atoms with E-state index in [1.165, 1.54) is 38.7 Å². The van der Waals surface area contributed by atoms with E-state index in [1.807, 2.05) is 0 Å². The number of rotatable bonds is 2. The van der Waals surface area contributed by atoms with Gasteiger partial charge in [0.25, 0.3) is 0 Å². The van der Waals surface area contributed by atoms with Gasteiger partial charge in [-0.05, 0) is 41.8 Å². The van der Waals surface area contributed by atoms with Crippen LogP contribution in [0.4, 0.5) is 0 Å². The van der Waals surface area contributed by atoms with Crippen LogP contribution in [0, 0.1) is 13.8 Å². The topological polar surface area (TPSA) is 3.88 Å². The fourth-order valence-corrected chi connectivity index (χ4v) is 4.18. The summed E-state index contributed by atoms with van der Waals surface area (Å²) < 4.78 is 2.53. The SMILES string of the molecule is CCC1(CC)C=Cc2ccc3ccccc3c2-c2cc(C)c(C)c[n+]21. The first kappa shape index (κ1) is 16.1. The zero-order valence-electron chi connectivity index (χ0n) is 15.6. The van der Waals surface area contributed by atoms with E-state index in [0.29, 0.717) is 0 Å². The van der Waals surface area contributed by atoms with Gasteiger partial charge >= 0.3 is 0 Å². The molecule has 3 aromatic rings. The minimum Gasteiger partial charge on any atom is -0.189 e. The molecule has 1 nitrogen and oxygen atoms in total. The number of hydrogen-bond donors (Lipinski definition) is 0. The second kappa shape index (κ2) is 5.84. The molecular weight excluding hydrogens is 302 g/mol. The molecule has 1 aliphatic heterocycles. The summed E-state index contributed by atoms with van der Waals surface area (Å²) in [6.45, 7) is 9.04. The zero-order chi connectivity index (χ0) is 17.6. The highest BCUT2D eigenvalue weighted by Crippen LogP contribution is 2.37. The maximum Gasteiger partial charge on any atom is 0.214 e. The fourth-order valence-electron chi connectivity index (χ4n) is 4.18. The van der Waals surface area contributed by atoms with Crippen molar-refractivity contribution in [2.45, 2.75) is 46.1 Å². The van der Waals surface area contributed by atoms with E-state index in [2.05, 4.69) is 93.1 Å². The molecule has 0 unspecified atom stereocenters. The van der Waals surface area contributed by atoms with Crippen molar-refractivity contribution in [3.05, 3.63) is 71.4 Å². The Morgan fingerprint density at radius 3 is 2.44 bits per heavy atom. The van der Waals surface area contributed by atoms with Gasteiger partial charge in [-0.2, -0.15) is 4.57 Å². The summed E-state index contributed by atoms with van der Waals surface area (Å²) >= 11 is 0. The summed E-state index contributed by atoms with van der Waals surface area (Å²) in [5, 5.41) is 2.64. The average Bonchev–Trinajstić information content (AvgIpc) is 2.77. The summed E-state index contributed by atoms with van der Waals surface area (Å²) in [5.74, 6) is 0. The molecule has 0 spiro atoms. The van der Waals surface area contributed by atoms with Crippen molar-refractivity contribution in [1.82, 2.24) is 0 Å². The smallest absolute Gasteiger partial charge is 0.189 e. The van der Waals surface area contributed by atoms with Gasteiger partial charge in [0.15, 0.2) is 11.7 Å². The van der Waals surface area contributed by atoms with E-state index >= 15 is 0 Å². The standard InChI is InChI=1S/C24H26N/c1-5-24(6-2)14-13-20-12-11-19-9-7-8-10-21(19)23(20)22-15-17(3)18(4)16-25(22)24/h7-16H,5-6H2,1-4H3/q+1. The minimum absolute atomic E-state index is 0.0356. The van der Waals surface area contributed by atoms with Crippen LogP contribution in [0.25, 0.3) is 28.1 Å². The van der Waals surface area contributed by atoms with Crippen molar-refractivity contribution in [2.75, 3.05) is 0 Å². The van der Waals surface area contributed by atoms with E-state index in [-0.39, 0.29) is 5.54 Å². The highest BCUT2D eigenvalue weighted by atomic mass is 15.1. The zero-order valence-corrected chi connectivity index (χ0v) is 15.6. The number of benzene rings is 2. The molecule has 0 saturated heterocycles. The molecule has 0 N–H and O–H groups in total. The molecule has 126 valence electrons. The Kier molecular flexibility index (Phi) is 3.76. The molecule has 0 atom stereocenters. The number of fused-ring (bicyclic) bond motifs is 5. The molecular formula is C24H26N+. The number of nitrogens with zero attached hydrogens (tertiary/aromatic N) is 1. The van der Waals surface area contributed by atoms with E-state index in [0.717, 1.165) is 12.8 Å². The second-order valence-corrected chi connectivity index (χ2v) is 7.29. The normalized spacial score (nSPS) is 14.9.